The molecule has 1 aromatic rings. The van der Waals surface area contributed by atoms with Crippen molar-refractivity contribution >= 4 is 29.5 Å². The Morgan fingerprint density at radius 1 is 1.50 bits per heavy atom. The van der Waals surface area contributed by atoms with Crippen LogP contribution in [0.3, 0.4) is 0 Å². The Labute approximate surface area is 148 Å². The number of carbonyl (C=O) groups excluding carboxylic acids is 1. The summed E-state index contributed by atoms with van der Waals surface area (Å²) < 4.78 is 31.8. The van der Waals surface area contributed by atoms with Crippen LogP contribution in [0.1, 0.15) is 30.8 Å². The molecule has 2 atom stereocenters. The molecule has 0 saturated carbocycles. The van der Waals surface area contributed by atoms with Crippen LogP contribution in [0.2, 0.25) is 0 Å². The highest BCUT2D eigenvalue weighted by atomic mass is 32.2. The van der Waals surface area contributed by atoms with Gasteiger partial charge in [-0.05, 0) is 27.0 Å². The van der Waals surface area contributed by atoms with Crippen LogP contribution in [0.5, 0.6) is 0 Å². The number of carbonyl (C=O) groups is 1. The van der Waals surface area contributed by atoms with Gasteiger partial charge in [-0.25, -0.2) is 4.68 Å². The van der Waals surface area contributed by atoms with E-state index in [1.54, 1.807) is 43.4 Å². The molecule has 1 spiro atoms. The molecule has 0 N–H and O–H groups in total. The van der Waals surface area contributed by atoms with Crippen molar-refractivity contribution in [2.45, 2.75) is 30.5 Å². The summed E-state index contributed by atoms with van der Waals surface area (Å²) in [6, 6.07) is 1.67. The number of nitrogens with zero attached hydrogens (tertiary/aromatic N) is 3. The molecule has 9 heteroatoms. The molecule has 134 valence electrons. The minimum Gasteiger partial charge on any atom is -0.466 e. The molecule has 0 radical (unpaired) electrons. The second-order valence-electron chi connectivity index (χ2n) is 5.98. The molecule has 0 aromatic carbocycles. The average Bonchev–Trinajstić information content (AvgIpc) is 3.20. The third kappa shape index (κ3) is 2.84. The van der Waals surface area contributed by atoms with Crippen LogP contribution >= 0.6 is 23.5 Å². The standard InChI is InChI=1S/C15H21F2N3O2S2/c1-4-22-13(21)12-10(8-19(3)15(12)23-5-6-24-15)11-7-9(2)20(18-11)14(16)17/h7,10,12,14H,4-6,8H2,1-3H3. The average molecular weight is 377 g/mol. The number of hydrogen-bond donors (Lipinski definition) is 0. The summed E-state index contributed by atoms with van der Waals surface area (Å²) >= 11 is 3.49. The summed E-state index contributed by atoms with van der Waals surface area (Å²) in [7, 11) is 1.98. The molecule has 2 aliphatic rings. The van der Waals surface area contributed by atoms with Crippen molar-refractivity contribution in [3.05, 3.63) is 17.5 Å². The second-order valence-corrected chi connectivity index (χ2v) is 8.87. The highest BCUT2D eigenvalue weighted by Gasteiger charge is 2.59. The number of aromatic nitrogens is 2. The van der Waals surface area contributed by atoms with Crippen LogP contribution in [-0.4, -0.2) is 56.6 Å². The third-order valence-electron chi connectivity index (χ3n) is 4.55. The number of halogens is 2. The van der Waals surface area contributed by atoms with Gasteiger partial charge in [0, 0.05) is 29.7 Å². The molecule has 3 heterocycles. The Morgan fingerprint density at radius 3 is 2.71 bits per heavy atom. The van der Waals surface area contributed by atoms with Crippen molar-refractivity contribution in [2.75, 3.05) is 31.7 Å². The van der Waals surface area contributed by atoms with E-state index < -0.39 is 12.5 Å². The van der Waals surface area contributed by atoms with Crippen LogP contribution < -0.4 is 0 Å². The number of alkyl halides is 2. The third-order valence-corrected chi connectivity index (χ3v) is 8.29. The molecule has 1 aromatic heterocycles. The summed E-state index contributed by atoms with van der Waals surface area (Å²) in [6.45, 7) is 1.62. The van der Waals surface area contributed by atoms with Crippen LogP contribution in [0.15, 0.2) is 6.07 Å². The van der Waals surface area contributed by atoms with Gasteiger partial charge in [0.15, 0.2) is 0 Å². The van der Waals surface area contributed by atoms with Crippen molar-refractivity contribution < 1.29 is 18.3 Å². The van der Waals surface area contributed by atoms with Gasteiger partial charge in [-0.15, -0.1) is 23.5 Å². The maximum absolute atomic E-state index is 13.1. The lowest BCUT2D eigenvalue weighted by Gasteiger charge is -2.34. The van der Waals surface area contributed by atoms with Crippen LogP contribution in [0, 0.1) is 12.8 Å². The fourth-order valence-electron chi connectivity index (χ4n) is 3.54. The van der Waals surface area contributed by atoms with Gasteiger partial charge in [0.2, 0.25) is 0 Å². The zero-order chi connectivity index (χ0) is 17.5. The largest absolute Gasteiger partial charge is 0.466 e. The zero-order valence-electron chi connectivity index (χ0n) is 13.9. The quantitative estimate of drug-likeness (QED) is 0.752. The SMILES string of the molecule is CCOC(=O)C1C(c2cc(C)n(C(F)F)n2)CN(C)C12SCCS2. The lowest BCUT2D eigenvalue weighted by Crippen LogP contribution is -2.42. The first kappa shape index (κ1) is 18.0. The summed E-state index contributed by atoms with van der Waals surface area (Å²) in [6.07, 6.45) is 0. The number of thioether (sulfide) groups is 2. The number of aryl methyl sites for hydroxylation is 1. The predicted molar refractivity (Wildman–Crippen MR) is 91.4 cm³/mol. The molecule has 3 rings (SSSR count). The number of hydrogen-bond acceptors (Lipinski definition) is 6. The number of likely N-dealkylation sites (N-methyl/N-ethyl adjacent to an activating group) is 1. The molecule has 24 heavy (non-hydrogen) atoms. The van der Waals surface area contributed by atoms with E-state index >= 15 is 0 Å². The molecule has 2 fully saturated rings. The molecular weight excluding hydrogens is 356 g/mol. The van der Waals surface area contributed by atoms with E-state index in [9.17, 15) is 13.6 Å². The van der Waals surface area contributed by atoms with E-state index in [0.717, 1.165) is 16.2 Å². The van der Waals surface area contributed by atoms with E-state index in [1.807, 2.05) is 7.05 Å². The van der Waals surface area contributed by atoms with Gasteiger partial charge < -0.3 is 4.74 Å². The van der Waals surface area contributed by atoms with E-state index in [4.69, 9.17) is 4.74 Å². The Balaban J connectivity index is 1.99. The molecule has 2 saturated heterocycles. The molecule has 2 aliphatic heterocycles. The number of esters is 1. The molecule has 0 aliphatic carbocycles. The van der Waals surface area contributed by atoms with Gasteiger partial charge in [-0.3, -0.25) is 9.69 Å². The first-order valence-electron chi connectivity index (χ1n) is 7.90. The second kappa shape index (κ2) is 6.84. The predicted octanol–water partition coefficient (Wildman–Crippen LogP) is 2.93. The fourth-order valence-corrected chi connectivity index (χ4v) is 7.09. The first-order valence-corrected chi connectivity index (χ1v) is 9.87. The summed E-state index contributed by atoms with van der Waals surface area (Å²) in [5, 5.41) is 4.09. The van der Waals surface area contributed by atoms with Crippen molar-refractivity contribution in [3.8, 4) is 0 Å². The van der Waals surface area contributed by atoms with Gasteiger partial charge in [-0.1, -0.05) is 0 Å². The van der Waals surface area contributed by atoms with E-state index in [0.29, 0.717) is 24.5 Å². The topological polar surface area (TPSA) is 47.4 Å². The van der Waals surface area contributed by atoms with E-state index in [-0.39, 0.29) is 16.1 Å². The lowest BCUT2D eigenvalue weighted by molar-refractivity contribution is -0.148. The van der Waals surface area contributed by atoms with Crippen LogP contribution in [0.4, 0.5) is 8.78 Å². The van der Waals surface area contributed by atoms with Gasteiger partial charge in [-0.2, -0.15) is 13.9 Å². The van der Waals surface area contributed by atoms with Gasteiger partial charge >= 0.3 is 12.5 Å². The van der Waals surface area contributed by atoms with Crippen LogP contribution in [-0.2, 0) is 9.53 Å². The van der Waals surface area contributed by atoms with Crippen molar-refractivity contribution in [3.63, 3.8) is 0 Å². The Morgan fingerprint density at radius 2 is 2.17 bits per heavy atom. The molecule has 0 amide bonds. The van der Waals surface area contributed by atoms with E-state index in [2.05, 4.69) is 10.00 Å². The summed E-state index contributed by atoms with van der Waals surface area (Å²) in [5.41, 5.74) is 0.945. The van der Waals surface area contributed by atoms with Gasteiger partial charge in [0.1, 0.15) is 10.1 Å². The highest BCUT2D eigenvalue weighted by molar-refractivity contribution is 8.21. The highest BCUT2D eigenvalue weighted by Crippen LogP contribution is 2.59. The van der Waals surface area contributed by atoms with Gasteiger partial charge in [0.25, 0.3) is 0 Å². The first-order chi connectivity index (χ1) is 11.4. The van der Waals surface area contributed by atoms with Crippen molar-refractivity contribution in [2.24, 2.45) is 5.92 Å². The summed E-state index contributed by atoms with van der Waals surface area (Å²) in [4.78, 5) is 14.9. The van der Waals surface area contributed by atoms with Crippen LogP contribution in [0.25, 0.3) is 0 Å². The minimum atomic E-state index is -2.68. The molecular formula is C15H21F2N3O2S2. The smallest absolute Gasteiger partial charge is 0.333 e. The van der Waals surface area contributed by atoms with Crippen molar-refractivity contribution in [1.29, 1.82) is 0 Å². The Bertz CT molecular complexity index is 620. The fraction of sp³-hybridized carbons (Fsp3) is 0.733. The maximum Gasteiger partial charge on any atom is 0.333 e. The molecule has 2 unspecified atom stereocenters. The normalized spacial score (nSPS) is 26.6. The lowest BCUT2D eigenvalue weighted by atomic mass is 9.92. The Hall–Kier alpha value is -0.800. The summed E-state index contributed by atoms with van der Waals surface area (Å²) in [5.74, 6) is 0.994. The Kier molecular flexibility index (Phi) is 5.13. The molecule has 5 nitrogen and oxygen atoms in total. The van der Waals surface area contributed by atoms with Gasteiger partial charge in [0.05, 0.1) is 12.3 Å². The number of ether oxygens (including phenoxy) is 1. The molecule has 0 bridgehead atoms. The monoisotopic (exact) mass is 377 g/mol. The van der Waals surface area contributed by atoms with Crippen molar-refractivity contribution in [1.82, 2.24) is 14.7 Å². The maximum atomic E-state index is 13.1. The zero-order valence-corrected chi connectivity index (χ0v) is 15.5. The number of likely N-dealkylation sites (tertiary alicyclic amines) is 1. The number of rotatable bonds is 4. The van der Waals surface area contributed by atoms with E-state index in [1.165, 1.54) is 0 Å². The minimum absolute atomic E-state index is 0.245.